The standard InChI is InChI=1S/C13H18BrF2NO/c1-13(2,17(3)4)11(18)7-8-10(15)6-5-9(14)12(8)16/h5-6,11,18H,7H2,1-4H3. The van der Waals surface area contributed by atoms with Gasteiger partial charge in [-0.25, -0.2) is 8.78 Å². The van der Waals surface area contributed by atoms with E-state index < -0.39 is 23.3 Å². The number of likely N-dealkylation sites (N-methyl/N-ethyl adjacent to an activating group) is 1. The van der Waals surface area contributed by atoms with Crippen LogP contribution in [0.5, 0.6) is 0 Å². The second kappa shape index (κ2) is 5.63. The van der Waals surface area contributed by atoms with Gasteiger partial charge in [-0.1, -0.05) is 0 Å². The number of nitrogens with zero attached hydrogens (tertiary/aromatic N) is 1. The molecule has 18 heavy (non-hydrogen) atoms. The molecule has 0 amide bonds. The maximum Gasteiger partial charge on any atom is 0.143 e. The Morgan fingerprint density at radius 3 is 2.39 bits per heavy atom. The van der Waals surface area contributed by atoms with Crippen LogP contribution < -0.4 is 0 Å². The Balaban J connectivity index is 3.02. The molecule has 0 saturated carbocycles. The first-order valence-electron chi connectivity index (χ1n) is 5.65. The van der Waals surface area contributed by atoms with Gasteiger partial charge in [0.25, 0.3) is 0 Å². The molecule has 0 heterocycles. The monoisotopic (exact) mass is 321 g/mol. The highest BCUT2D eigenvalue weighted by Gasteiger charge is 2.31. The summed E-state index contributed by atoms with van der Waals surface area (Å²) in [5, 5.41) is 10.2. The van der Waals surface area contributed by atoms with Crippen LogP contribution in [0.2, 0.25) is 0 Å². The van der Waals surface area contributed by atoms with Gasteiger partial charge in [0.05, 0.1) is 10.6 Å². The molecular weight excluding hydrogens is 304 g/mol. The topological polar surface area (TPSA) is 23.5 Å². The van der Waals surface area contributed by atoms with E-state index >= 15 is 0 Å². The highest BCUT2D eigenvalue weighted by atomic mass is 79.9. The lowest BCUT2D eigenvalue weighted by atomic mass is 9.90. The summed E-state index contributed by atoms with van der Waals surface area (Å²) in [7, 11) is 3.63. The predicted molar refractivity (Wildman–Crippen MR) is 71.5 cm³/mol. The molecule has 0 aromatic heterocycles. The van der Waals surface area contributed by atoms with Crippen LogP contribution in [0.1, 0.15) is 19.4 Å². The summed E-state index contributed by atoms with van der Waals surface area (Å²) >= 11 is 3.02. The minimum Gasteiger partial charge on any atom is -0.391 e. The Kier molecular flexibility index (Phi) is 4.86. The minimum atomic E-state index is -0.870. The fourth-order valence-electron chi connectivity index (χ4n) is 1.50. The maximum absolute atomic E-state index is 13.8. The first-order valence-corrected chi connectivity index (χ1v) is 6.45. The van der Waals surface area contributed by atoms with Crippen molar-refractivity contribution in [3.05, 3.63) is 33.8 Å². The van der Waals surface area contributed by atoms with Gasteiger partial charge in [-0.05, 0) is 56.0 Å². The lowest BCUT2D eigenvalue weighted by Crippen LogP contribution is -2.49. The molecule has 0 fully saturated rings. The number of halogens is 3. The van der Waals surface area contributed by atoms with E-state index in [0.29, 0.717) is 0 Å². The van der Waals surface area contributed by atoms with E-state index in [1.54, 1.807) is 0 Å². The minimum absolute atomic E-state index is 0.0672. The molecule has 0 spiro atoms. The van der Waals surface area contributed by atoms with Gasteiger partial charge in [-0.15, -0.1) is 0 Å². The Morgan fingerprint density at radius 2 is 1.89 bits per heavy atom. The normalized spacial score (nSPS) is 14.1. The second-order valence-electron chi connectivity index (χ2n) is 5.09. The van der Waals surface area contributed by atoms with Crippen LogP contribution in [0.3, 0.4) is 0 Å². The fraction of sp³-hybridized carbons (Fsp3) is 0.538. The summed E-state index contributed by atoms with van der Waals surface area (Å²) in [6.45, 7) is 3.65. The van der Waals surface area contributed by atoms with Crippen molar-refractivity contribution >= 4 is 15.9 Å². The molecule has 1 aromatic rings. The summed E-state index contributed by atoms with van der Waals surface area (Å²) < 4.78 is 27.6. The number of rotatable bonds is 4. The molecule has 0 radical (unpaired) electrons. The third-order valence-electron chi connectivity index (χ3n) is 3.50. The number of benzene rings is 1. The van der Waals surface area contributed by atoms with Gasteiger partial charge in [0.2, 0.25) is 0 Å². The number of hydrogen-bond donors (Lipinski definition) is 1. The van der Waals surface area contributed by atoms with Gasteiger partial charge in [-0.2, -0.15) is 0 Å². The third kappa shape index (κ3) is 3.08. The van der Waals surface area contributed by atoms with Crippen molar-refractivity contribution in [2.75, 3.05) is 14.1 Å². The largest absolute Gasteiger partial charge is 0.391 e. The molecule has 102 valence electrons. The third-order valence-corrected chi connectivity index (χ3v) is 4.12. The maximum atomic E-state index is 13.8. The van der Waals surface area contributed by atoms with Crippen molar-refractivity contribution < 1.29 is 13.9 Å². The molecule has 5 heteroatoms. The summed E-state index contributed by atoms with van der Waals surface area (Å²) in [5.74, 6) is -1.28. The van der Waals surface area contributed by atoms with E-state index in [4.69, 9.17) is 0 Å². The Morgan fingerprint density at radius 1 is 1.33 bits per heavy atom. The molecule has 0 saturated heterocycles. The second-order valence-corrected chi connectivity index (χ2v) is 5.94. The summed E-state index contributed by atoms with van der Waals surface area (Å²) in [5.41, 5.74) is -0.659. The average Bonchev–Trinajstić information content (AvgIpc) is 2.29. The van der Waals surface area contributed by atoms with Crippen LogP contribution in [0.15, 0.2) is 16.6 Å². The molecule has 1 aromatic carbocycles. The Labute approximate surface area is 115 Å². The van der Waals surface area contributed by atoms with Crippen LogP contribution in [0.4, 0.5) is 8.78 Å². The molecule has 1 N–H and O–H groups in total. The van der Waals surface area contributed by atoms with Crippen molar-refractivity contribution in [2.24, 2.45) is 0 Å². The summed E-state index contributed by atoms with van der Waals surface area (Å²) in [6.07, 6.45) is -0.937. The fourth-order valence-corrected chi connectivity index (χ4v) is 1.87. The quantitative estimate of drug-likeness (QED) is 0.862. The van der Waals surface area contributed by atoms with Gasteiger partial charge in [-0.3, -0.25) is 0 Å². The molecule has 0 bridgehead atoms. The molecule has 1 rings (SSSR count). The van der Waals surface area contributed by atoms with Crippen LogP contribution in [-0.2, 0) is 6.42 Å². The van der Waals surface area contributed by atoms with Crippen molar-refractivity contribution in [3.8, 4) is 0 Å². The van der Waals surface area contributed by atoms with E-state index in [1.807, 2.05) is 32.8 Å². The zero-order valence-electron chi connectivity index (χ0n) is 11.0. The number of hydrogen-bond acceptors (Lipinski definition) is 2. The first kappa shape index (κ1) is 15.5. The van der Waals surface area contributed by atoms with Gasteiger partial charge >= 0.3 is 0 Å². The number of aliphatic hydroxyl groups excluding tert-OH is 1. The van der Waals surface area contributed by atoms with Crippen LogP contribution in [0.25, 0.3) is 0 Å². The lowest BCUT2D eigenvalue weighted by molar-refractivity contribution is 0.0172. The van der Waals surface area contributed by atoms with Crippen LogP contribution in [0, 0.1) is 11.6 Å². The molecule has 1 unspecified atom stereocenters. The van der Waals surface area contributed by atoms with E-state index in [9.17, 15) is 13.9 Å². The van der Waals surface area contributed by atoms with E-state index in [0.717, 1.165) is 0 Å². The van der Waals surface area contributed by atoms with Crippen LogP contribution in [-0.4, -0.2) is 35.7 Å². The van der Waals surface area contributed by atoms with Gasteiger partial charge in [0.15, 0.2) is 0 Å². The highest BCUT2D eigenvalue weighted by molar-refractivity contribution is 9.10. The van der Waals surface area contributed by atoms with Gasteiger partial charge < -0.3 is 10.0 Å². The predicted octanol–water partition coefficient (Wildman–Crippen LogP) is 2.97. The zero-order valence-corrected chi connectivity index (χ0v) is 12.6. The average molecular weight is 322 g/mol. The van der Waals surface area contributed by atoms with Gasteiger partial charge in [0, 0.05) is 17.5 Å². The Hall–Kier alpha value is -0.520. The SMILES string of the molecule is CN(C)C(C)(C)C(O)Cc1c(F)ccc(Br)c1F. The van der Waals surface area contributed by atoms with Crippen molar-refractivity contribution in [1.29, 1.82) is 0 Å². The van der Waals surface area contributed by atoms with Gasteiger partial charge in [0.1, 0.15) is 11.6 Å². The lowest BCUT2D eigenvalue weighted by Gasteiger charge is -2.37. The summed E-state index contributed by atoms with van der Waals surface area (Å²) in [6, 6.07) is 2.51. The molecule has 0 aliphatic heterocycles. The molecule has 1 atom stereocenters. The first-order chi connectivity index (χ1) is 8.17. The molecule has 2 nitrogen and oxygen atoms in total. The smallest absolute Gasteiger partial charge is 0.143 e. The van der Waals surface area contributed by atoms with Crippen LogP contribution >= 0.6 is 15.9 Å². The van der Waals surface area contributed by atoms with E-state index in [2.05, 4.69) is 15.9 Å². The Bertz CT molecular complexity index is 435. The van der Waals surface area contributed by atoms with E-state index in [1.165, 1.54) is 12.1 Å². The summed E-state index contributed by atoms with van der Waals surface area (Å²) in [4.78, 5) is 1.82. The van der Waals surface area contributed by atoms with Crippen molar-refractivity contribution in [3.63, 3.8) is 0 Å². The van der Waals surface area contributed by atoms with Crippen molar-refractivity contribution in [1.82, 2.24) is 4.90 Å². The molecule has 0 aliphatic carbocycles. The zero-order chi connectivity index (χ0) is 14.1. The van der Waals surface area contributed by atoms with E-state index in [-0.39, 0.29) is 16.5 Å². The van der Waals surface area contributed by atoms with Crippen molar-refractivity contribution in [2.45, 2.75) is 31.9 Å². The highest BCUT2D eigenvalue weighted by Crippen LogP contribution is 2.26. The molecular formula is C13H18BrF2NO. The molecule has 0 aliphatic rings. The number of aliphatic hydroxyl groups is 1.